The van der Waals surface area contributed by atoms with Crippen LogP contribution >= 0.6 is 0 Å². The van der Waals surface area contributed by atoms with Crippen molar-refractivity contribution < 1.29 is 14.6 Å². The summed E-state index contributed by atoms with van der Waals surface area (Å²) in [7, 11) is 1.63. The highest BCUT2D eigenvalue weighted by atomic mass is 16.5. The first-order valence-corrected chi connectivity index (χ1v) is 6.30. The Morgan fingerprint density at radius 2 is 2.18 bits per heavy atom. The van der Waals surface area contributed by atoms with Crippen LogP contribution in [0.5, 0.6) is 0 Å². The first-order chi connectivity index (χ1) is 8.18. The number of nitrogens with one attached hydrogen (secondary N) is 2. The SMILES string of the molecule is CCC(CO)NC(=O)C1(COC)CCNCC1. The van der Waals surface area contributed by atoms with Crippen molar-refractivity contribution in [1.82, 2.24) is 10.6 Å². The highest BCUT2D eigenvalue weighted by molar-refractivity contribution is 5.83. The van der Waals surface area contributed by atoms with Crippen LogP contribution in [0.4, 0.5) is 0 Å². The molecule has 1 aliphatic rings. The second-order valence-corrected chi connectivity index (χ2v) is 4.72. The van der Waals surface area contributed by atoms with E-state index in [0.29, 0.717) is 6.61 Å². The molecule has 0 bridgehead atoms. The van der Waals surface area contributed by atoms with Gasteiger partial charge in [0.05, 0.1) is 24.7 Å². The van der Waals surface area contributed by atoms with Gasteiger partial charge in [-0.25, -0.2) is 0 Å². The Morgan fingerprint density at radius 3 is 2.65 bits per heavy atom. The average Bonchev–Trinajstić information content (AvgIpc) is 2.37. The van der Waals surface area contributed by atoms with Crippen molar-refractivity contribution in [2.45, 2.75) is 32.2 Å². The maximum absolute atomic E-state index is 12.3. The van der Waals surface area contributed by atoms with Crippen LogP contribution in [0.2, 0.25) is 0 Å². The first kappa shape index (κ1) is 14.4. The quantitative estimate of drug-likeness (QED) is 0.610. The van der Waals surface area contributed by atoms with Gasteiger partial charge in [-0.15, -0.1) is 0 Å². The van der Waals surface area contributed by atoms with Gasteiger partial charge in [0.25, 0.3) is 0 Å². The van der Waals surface area contributed by atoms with Crippen molar-refractivity contribution in [3.05, 3.63) is 0 Å². The third kappa shape index (κ3) is 3.66. The molecule has 1 rings (SSSR count). The number of carbonyl (C=O) groups is 1. The summed E-state index contributed by atoms with van der Waals surface area (Å²) in [5.41, 5.74) is -0.428. The predicted octanol–water partition coefficient (Wildman–Crippen LogP) is -0.110. The maximum Gasteiger partial charge on any atom is 0.228 e. The van der Waals surface area contributed by atoms with E-state index in [9.17, 15) is 4.79 Å². The van der Waals surface area contributed by atoms with Gasteiger partial charge in [-0.3, -0.25) is 4.79 Å². The van der Waals surface area contributed by atoms with E-state index in [-0.39, 0.29) is 18.6 Å². The zero-order valence-electron chi connectivity index (χ0n) is 10.8. The number of rotatable bonds is 6. The first-order valence-electron chi connectivity index (χ1n) is 6.30. The lowest BCUT2D eigenvalue weighted by atomic mass is 9.78. The fourth-order valence-electron chi connectivity index (χ4n) is 2.23. The van der Waals surface area contributed by atoms with Gasteiger partial charge in [0.15, 0.2) is 0 Å². The van der Waals surface area contributed by atoms with Gasteiger partial charge in [0.2, 0.25) is 5.91 Å². The van der Waals surface area contributed by atoms with Gasteiger partial charge in [-0.05, 0) is 32.4 Å². The van der Waals surface area contributed by atoms with Gasteiger partial charge in [-0.1, -0.05) is 6.92 Å². The van der Waals surface area contributed by atoms with Crippen LogP contribution in [0.25, 0.3) is 0 Å². The molecular formula is C12H24N2O3. The molecule has 0 radical (unpaired) electrons. The van der Waals surface area contributed by atoms with Crippen molar-refractivity contribution in [3.8, 4) is 0 Å². The van der Waals surface area contributed by atoms with E-state index in [1.54, 1.807) is 7.11 Å². The molecule has 100 valence electrons. The number of hydrogen-bond donors (Lipinski definition) is 3. The summed E-state index contributed by atoms with van der Waals surface area (Å²) in [5.74, 6) is 0.0155. The molecule has 1 aliphatic heterocycles. The van der Waals surface area contributed by atoms with Crippen LogP contribution in [0, 0.1) is 5.41 Å². The summed E-state index contributed by atoms with van der Waals surface area (Å²) >= 11 is 0. The topological polar surface area (TPSA) is 70.6 Å². The predicted molar refractivity (Wildman–Crippen MR) is 65.7 cm³/mol. The minimum absolute atomic E-state index is 0.0104. The van der Waals surface area contributed by atoms with Gasteiger partial charge < -0.3 is 20.5 Å². The molecule has 5 nitrogen and oxygen atoms in total. The standard InChI is InChI=1S/C12H24N2O3/c1-3-10(8-15)14-11(16)12(9-17-2)4-6-13-7-5-12/h10,13,15H,3-9H2,1-2H3,(H,14,16). The molecule has 0 saturated carbocycles. The lowest BCUT2D eigenvalue weighted by Gasteiger charge is -2.36. The Morgan fingerprint density at radius 1 is 1.53 bits per heavy atom. The summed E-state index contributed by atoms with van der Waals surface area (Å²) in [5, 5.41) is 15.3. The Hall–Kier alpha value is -0.650. The average molecular weight is 244 g/mol. The largest absolute Gasteiger partial charge is 0.394 e. The molecule has 1 amide bonds. The minimum atomic E-state index is -0.428. The van der Waals surface area contributed by atoms with Gasteiger partial charge in [0.1, 0.15) is 0 Å². The summed E-state index contributed by atoms with van der Waals surface area (Å²) < 4.78 is 5.20. The van der Waals surface area contributed by atoms with Gasteiger partial charge in [0, 0.05) is 7.11 Å². The van der Waals surface area contributed by atoms with Crippen molar-refractivity contribution in [1.29, 1.82) is 0 Å². The summed E-state index contributed by atoms with van der Waals surface area (Å²) in [4.78, 5) is 12.3. The number of piperidine rings is 1. The lowest BCUT2D eigenvalue weighted by molar-refractivity contribution is -0.137. The molecule has 0 spiro atoms. The van der Waals surface area contributed by atoms with Crippen LogP contribution in [0.1, 0.15) is 26.2 Å². The Balaban J connectivity index is 2.65. The number of amides is 1. The van der Waals surface area contributed by atoms with Crippen LogP contribution in [-0.2, 0) is 9.53 Å². The molecule has 0 aromatic carbocycles. The van der Waals surface area contributed by atoms with E-state index in [4.69, 9.17) is 9.84 Å². The number of carbonyl (C=O) groups excluding carboxylic acids is 1. The Bertz CT molecular complexity index is 230. The normalized spacial score (nSPS) is 20.9. The fraction of sp³-hybridized carbons (Fsp3) is 0.917. The maximum atomic E-state index is 12.3. The van der Waals surface area contributed by atoms with E-state index in [1.165, 1.54) is 0 Å². The molecule has 5 heteroatoms. The minimum Gasteiger partial charge on any atom is -0.394 e. The third-order valence-electron chi connectivity index (χ3n) is 3.51. The smallest absolute Gasteiger partial charge is 0.228 e. The van der Waals surface area contributed by atoms with E-state index < -0.39 is 5.41 Å². The zero-order chi connectivity index (χ0) is 12.7. The number of aliphatic hydroxyl groups is 1. The van der Waals surface area contributed by atoms with E-state index in [0.717, 1.165) is 32.4 Å². The van der Waals surface area contributed by atoms with Crippen LogP contribution in [-0.4, -0.2) is 50.5 Å². The Kier molecular flexibility index (Phi) is 5.88. The van der Waals surface area contributed by atoms with Crippen molar-refractivity contribution in [3.63, 3.8) is 0 Å². The zero-order valence-corrected chi connectivity index (χ0v) is 10.8. The molecule has 0 aromatic heterocycles. The van der Waals surface area contributed by atoms with Crippen molar-refractivity contribution >= 4 is 5.91 Å². The number of ether oxygens (including phenoxy) is 1. The summed E-state index contributed by atoms with van der Waals surface area (Å²) in [6, 6.07) is -0.147. The van der Waals surface area contributed by atoms with Crippen molar-refractivity contribution in [2.24, 2.45) is 5.41 Å². The highest BCUT2D eigenvalue weighted by Gasteiger charge is 2.40. The Labute approximate surface area is 103 Å². The molecule has 0 aliphatic carbocycles. The molecular weight excluding hydrogens is 220 g/mol. The number of aliphatic hydroxyl groups excluding tert-OH is 1. The molecule has 3 N–H and O–H groups in total. The summed E-state index contributed by atoms with van der Waals surface area (Å²) in [6.45, 7) is 4.07. The van der Waals surface area contributed by atoms with Crippen LogP contribution < -0.4 is 10.6 Å². The third-order valence-corrected chi connectivity index (χ3v) is 3.51. The molecule has 1 fully saturated rings. The van der Waals surface area contributed by atoms with Gasteiger partial charge in [-0.2, -0.15) is 0 Å². The second kappa shape index (κ2) is 6.93. The van der Waals surface area contributed by atoms with E-state index in [2.05, 4.69) is 10.6 Å². The number of methoxy groups -OCH3 is 1. The number of hydrogen-bond acceptors (Lipinski definition) is 4. The monoisotopic (exact) mass is 244 g/mol. The summed E-state index contributed by atoms with van der Waals surface area (Å²) in [6.07, 6.45) is 2.31. The van der Waals surface area contributed by atoms with Crippen LogP contribution in [0.3, 0.4) is 0 Å². The van der Waals surface area contributed by atoms with Crippen LogP contribution in [0.15, 0.2) is 0 Å². The molecule has 1 saturated heterocycles. The van der Waals surface area contributed by atoms with E-state index in [1.807, 2.05) is 6.92 Å². The fourth-order valence-corrected chi connectivity index (χ4v) is 2.23. The second-order valence-electron chi connectivity index (χ2n) is 4.72. The molecule has 1 heterocycles. The molecule has 1 unspecified atom stereocenters. The van der Waals surface area contributed by atoms with Crippen molar-refractivity contribution in [2.75, 3.05) is 33.4 Å². The molecule has 0 aromatic rings. The lowest BCUT2D eigenvalue weighted by Crippen LogP contribution is -2.53. The van der Waals surface area contributed by atoms with E-state index >= 15 is 0 Å². The molecule has 1 atom stereocenters. The molecule has 17 heavy (non-hydrogen) atoms. The van der Waals surface area contributed by atoms with Gasteiger partial charge >= 0.3 is 0 Å². The highest BCUT2D eigenvalue weighted by Crippen LogP contribution is 2.29.